The van der Waals surface area contributed by atoms with Gasteiger partial charge in [0, 0.05) is 12.0 Å². The van der Waals surface area contributed by atoms with Crippen molar-refractivity contribution in [3.63, 3.8) is 0 Å². The largest absolute Gasteiger partial charge is 0.494 e. The van der Waals surface area contributed by atoms with Crippen molar-refractivity contribution in [3.8, 4) is 28.1 Å². The number of allylic oxidation sites excluding steroid dienone is 1. The zero-order valence-electron chi connectivity index (χ0n) is 17.7. The average Bonchev–Trinajstić information content (AvgIpc) is 2.75. The second kappa shape index (κ2) is 8.87. The van der Waals surface area contributed by atoms with Crippen molar-refractivity contribution in [2.75, 3.05) is 7.11 Å². The van der Waals surface area contributed by atoms with Crippen LogP contribution in [-0.4, -0.2) is 17.9 Å². The number of rotatable bonds is 6. The first-order valence-corrected chi connectivity index (χ1v) is 9.92. The third-order valence-corrected chi connectivity index (χ3v) is 5.11. The molecule has 0 bridgehead atoms. The molecule has 0 unspecified atom stereocenters. The van der Waals surface area contributed by atoms with Crippen LogP contribution in [0.15, 0.2) is 54.6 Å². The van der Waals surface area contributed by atoms with Gasteiger partial charge in [0.25, 0.3) is 0 Å². The maximum absolute atomic E-state index is 12.7. The summed E-state index contributed by atoms with van der Waals surface area (Å²) in [6, 6.07) is 16.7. The van der Waals surface area contributed by atoms with Gasteiger partial charge in [-0.2, -0.15) is 0 Å². The Bertz CT molecular complexity index is 1050. The fourth-order valence-corrected chi connectivity index (χ4v) is 3.47. The van der Waals surface area contributed by atoms with Gasteiger partial charge in [0.2, 0.25) is 0 Å². The van der Waals surface area contributed by atoms with Crippen LogP contribution in [0.2, 0.25) is 0 Å². The Kier molecular flexibility index (Phi) is 6.28. The Morgan fingerprint density at radius 3 is 2.03 bits per heavy atom. The summed E-state index contributed by atoms with van der Waals surface area (Å²) in [6.45, 7) is 7.83. The molecule has 3 heteroatoms. The zero-order valence-corrected chi connectivity index (χ0v) is 17.7. The highest BCUT2D eigenvalue weighted by Crippen LogP contribution is 2.36. The normalized spacial score (nSPS) is 11.1. The molecule has 2 aromatic carbocycles. The molecule has 0 aliphatic heterocycles. The Morgan fingerprint density at radius 1 is 0.966 bits per heavy atom. The fraction of sp³-hybridized carbons (Fsp3) is 0.231. The third kappa shape index (κ3) is 4.14. The van der Waals surface area contributed by atoms with Crippen LogP contribution in [0.1, 0.15) is 47.4 Å². The highest BCUT2D eigenvalue weighted by molar-refractivity contribution is 6.02. The predicted octanol–water partition coefficient (Wildman–Crippen LogP) is 6.67. The number of carbonyl (C=O) groups excluding carboxylic acids is 1. The van der Waals surface area contributed by atoms with Gasteiger partial charge in [-0.25, -0.2) is 4.98 Å². The van der Waals surface area contributed by atoms with Gasteiger partial charge in [-0.1, -0.05) is 67.1 Å². The average molecular weight is 386 g/mol. The van der Waals surface area contributed by atoms with E-state index in [-0.39, 0.29) is 5.78 Å². The number of methoxy groups -OCH3 is 1. The van der Waals surface area contributed by atoms with E-state index in [4.69, 9.17) is 9.72 Å². The van der Waals surface area contributed by atoms with Gasteiger partial charge in [-0.15, -0.1) is 0 Å². The SMILES string of the molecule is C/C=C\c1nc(-c2ccc(-c3ccc(C)cc3)cc2)c(OC)c(C(=O)CC)c1C. The van der Waals surface area contributed by atoms with Crippen LogP contribution >= 0.6 is 0 Å². The number of benzene rings is 2. The molecule has 0 amide bonds. The molecule has 148 valence electrons. The topological polar surface area (TPSA) is 39.2 Å². The van der Waals surface area contributed by atoms with Crippen molar-refractivity contribution >= 4 is 11.9 Å². The second-order valence-corrected chi connectivity index (χ2v) is 7.10. The van der Waals surface area contributed by atoms with Gasteiger partial charge in [0.1, 0.15) is 5.69 Å². The number of pyridine rings is 1. The van der Waals surface area contributed by atoms with E-state index in [2.05, 4.69) is 43.3 Å². The lowest BCUT2D eigenvalue weighted by molar-refractivity contribution is 0.0984. The Hall–Kier alpha value is -3.20. The molecule has 1 aromatic heterocycles. The third-order valence-electron chi connectivity index (χ3n) is 5.11. The number of aryl methyl sites for hydroxylation is 1. The molecular formula is C26H27NO2. The van der Waals surface area contributed by atoms with Gasteiger partial charge in [0.05, 0.1) is 18.4 Å². The van der Waals surface area contributed by atoms with E-state index < -0.39 is 0 Å². The van der Waals surface area contributed by atoms with Crippen molar-refractivity contribution in [1.29, 1.82) is 0 Å². The van der Waals surface area contributed by atoms with Crippen molar-refractivity contribution < 1.29 is 9.53 Å². The molecule has 3 aromatic rings. The van der Waals surface area contributed by atoms with E-state index in [1.54, 1.807) is 7.11 Å². The maximum atomic E-state index is 12.7. The van der Waals surface area contributed by atoms with Gasteiger partial charge in [-0.3, -0.25) is 4.79 Å². The predicted molar refractivity (Wildman–Crippen MR) is 120 cm³/mol. The van der Waals surface area contributed by atoms with Crippen LogP contribution in [0.5, 0.6) is 5.75 Å². The summed E-state index contributed by atoms with van der Waals surface area (Å²) < 4.78 is 5.69. The minimum Gasteiger partial charge on any atom is -0.494 e. The number of carbonyl (C=O) groups is 1. The van der Waals surface area contributed by atoms with Crippen LogP contribution in [-0.2, 0) is 0 Å². The number of hydrogen-bond acceptors (Lipinski definition) is 3. The number of aromatic nitrogens is 1. The molecule has 0 spiro atoms. The van der Waals surface area contributed by atoms with Crippen LogP contribution in [0, 0.1) is 13.8 Å². The lowest BCUT2D eigenvalue weighted by atomic mass is 9.96. The summed E-state index contributed by atoms with van der Waals surface area (Å²) in [5.41, 5.74) is 7.43. The molecular weight excluding hydrogens is 358 g/mol. The summed E-state index contributed by atoms with van der Waals surface area (Å²) in [5, 5.41) is 0. The molecule has 0 fully saturated rings. The first kappa shape index (κ1) is 20.5. The Morgan fingerprint density at radius 2 is 1.52 bits per heavy atom. The summed E-state index contributed by atoms with van der Waals surface area (Å²) in [5.74, 6) is 0.607. The van der Waals surface area contributed by atoms with Gasteiger partial charge >= 0.3 is 0 Å². The first-order valence-electron chi connectivity index (χ1n) is 9.92. The van der Waals surface area contributed by atoms with E-state index in [0.717, 1.165) is 22.4 Å². The molecule has 0 N–H and O–H groups in total. The maximum Gasteiger partial charge on any atom is 0.166 e. The molecule has 0 saturated heterocycles. The van der Waals surface area contributed by atoms with E-state index in [1.165, 1.54) is 11.1 Å². The number of ketones is 1. The summed E-state index contributed by atoms with van der Waals surface area (Å²) in [7, 11) is 1.60. The van der Waals surface area contributed by atoms with Gasteiger partial charge < -0.3 is 4.74 Å². The molecule has 0 radical (unpaired) electrons. The summed E-state index contributed by atoms with van der Waals surface area (Å²) >= 11 is 0. The number of ether oxygens (including phenoxy) is 1. The monoisotopic (exact) mass is 385 g/mol. The molecule has 0 saturated carbocycles. The van der Waals surface area contributed by atoms with E-state index in [0.29, 0.717) is 23.4 Å². The van der Waals surface area contributed by atoms with Crippen molar-refractivity contribution in [3.05, 3.63) is 77.0 Å². The van der Waals surface area contributed by atoms with E-state index in [1.807, 2.05) is 45.1 Å². The highest BCUT2D eigenvalue weighted by atomic mass is 16.5. The molecule has 29 heavy (non-hydrogen) atoms. The molecule has 1 heterocycles. The van der Waals surface area contributed by atoms with Crippen molar-refractivity contribution in [1.82, 2.24) is 4.98 Å². The molecule has 3 rings (SSSR count). The van der Waals surface area contributed by atoms with Crippen LogP contribution < -0.4 is 4.74 Å². The number of Topliss-reactive ketones (excluding diaryl/α,β-unsaturated/α-hetero) is 1. The Labute approximate surface area is 173 Å². The standard InChI is InChI=1S/C26H27NO2/c1-6-8-22-18(4)24(23(28)7-2)26(29-5)25(27-22)21-15-13-20(14-16-21)19-11-9-17(3)10-12-19/h6,8-16H,7H2,1-5H3/b8-6-. The van der Waals surface area contributed by atoms with Gasteiger partial charge in [0.15, 0.2) is 11.5 Å². The minimum atomic E-state index is 0.0602. The smallest absolute Gasteiger partial charge is 0.166 e. The van der Waals surface area contributed by atoms with Crippen LogP contribution in [0.4, 0.5) is 0 Å². The lowest BCUT2D eigenvalue weighted by Gasteiger charge is -2.17. The summed E-state index contributed by atoms with van der Waals surface area (Å²) in [6.07, 6.45) is 4.29. The fourth-order valence-electron chi connectivity index (χ4n) is 3.47. The van der Waals surface area contributed by atoms with E-state index >= 15 is 0 Å². The molecule has 3 nitrogen and oxygen atoms in total. The summed E-state index contributed by atoms with van der Waals surface area (Å²) in [4.78, 5) is 17.5. The van der Waals surface area contributed by atoms with Crippen molar-refractivity contribution in [2.24, 2.45) is 0 Å². The van der Waals surface area contributed by atoms with Crippen LogP contribution in [0.25, 0.3) is 28.5 Å². The second-order valence-electron chi connectivity index (χ2n) is 7.10. The highest BCUT2D eigenvalue weighted by Gasteiger charge is 2.22. The van der Waals surface area contributed by atoms with E-state index in [9.17, 15) is 4.79 Å². The quantitative estimate of drug-likeness (QED) is 0.445. The lowest BCUT2D eigenvalue weighted by Crippen LogP contribution is -2.08. The minimum absolute atomic E-state index is 0.0602. The molecule has 0 atom stereocenters. The van der Waals surface area contributed by atoms with Gasteiger partial charge in [-0.05, 0) is 43.5 Å². The Balaban J connectivity index is 2.15. The molecule has 0 aliphatic carbocycles. The van der Waals surface area contributed by atoms with Crippen molar-refractivity contribution in [2.45, 2.75) is 34.1 Å². The number of hydrogen-bond donors (Lipinski definition) is 0. The zero-order chi connectivity index (χ0) is 21.0. The molecule has 0 aliphatic rings. The first-order chi connectivity index (χ1) is 14.0. The van der Waals surface area contributed by atoms with Crippen LogP contribution in [0.3, 0.4) is 0 Å². The number of nitrogens with zero attached hydrogens (tertiary/aromatic N) is 1.